The Balaban J connectivity index is 0. The van der Waals surface area contributed by atoms with Gasteiger partial charge >= 0.3 is 0 Å². The zero-order valence-corrected chi connectivity index (χ0v) is 13.4. The molecule has 0 unspecified atom stereocenters. The number of carbonyl (C=O) groups excluding carboxylic acids is 1. The quantitative estimate of drug-likeness (QED) is 0.614. The van der Waals surface area contributed by atoms with Crippen LogP contribution in [-0.4, -0.2) is 5.78 Å². The lowest BCUT2D eigenvalue weighted by Gasteiger charge is -1.94. The van der Waals surface area contributed by atoms with E-state index in [0.717, 1.165) is 20.9 Å². The monoisotopic (exact) mass is 266 g/mol. The van der Waals surface area contributed by atoms with Crippen LogP contribution in [0.1, 0.15) is 66.7 Å². The van der Waals surface area contributed by atoms with Crippen molar-refractivity contribution in [2.24, 2.45) is 0 Å². The van der Waals surface area contributed by atoms with Gasteiger partial charge in [0, 0.05) is 10.4 Å². The van der Waals surface area contributed by atoms with Crippen molar-refractivity contribution in [2.75, 3.05) is 0 Å². The average molecular weight is 266 g/mol. The van der Waals surface area contributed by atoms with Gasteiger partial charge in [-0.2, -0.15) is 0 Å². The smallest absolute Gasteiger partial charge is 0.170 e. The molecular weight excluding hydrogens is 240 g/mol. The Morgan fingerprint density at radius 1 is 1.17 bits per heavy atom. The van der Waals surface area contributed by atoms with Crippen molar-refractivity contribution in [1.29, 1.82) is 0 Å². The second kappa shape index (κ2) is 11.0. The summed E-state index contributed by atoms with van der Waals surface area (Å²) in [5.41, 5.74) is 1.95. The van der Waals surface area contributed by atoms with Gasteiger partial charge in [0.25, 0.3) is 0 Å². The molecule has 1 rings (SSSR count). The molecule has 0 radical (unpaired) electrons. The van der Waals surface area contributed by atoms with Gasteiger partial charge in [-0.1, -0.05) is 59.4 Å². The van der Waals surface area contributed by atoms with E-state index in [9.17, 15) is 4.79 Å². The predicted octanol–water partition coefficient (Wildman–Crippen LogP) is 5.99. The third-order valence-electron chi connectivity index (χ3n) is 1.90. The minimum absolute atomic E-state index is 0.0936. The number of Topliss-reactive ketones (excluding diaryl/α,β-unsaturated/α-hetero) is 1. The summed E-state index contributed by atoms with van der Waals surface area (Å²) >= 11 is 1.51. The fraction of sp³-hybridized carbons (Fsp3) is 0.438. The highest BCUT2D eigenvalue weighted by atomic mass is 32.1. The molecule has 0 atom stereocenters. The van der Waals surface area contributed by atoms with E-state index in [1.165, 1.54) is 17.8 Å². The molecule has 102 valence electrons. The number of thiophene rings is 1. The third-order valence-corrected chi connectivity index (χ3v) is 3.13. The maximum Gasteiger partial charge on any atom is 0.170 e. The first-order valence-corrected chi connectivity index (χ1v) is 7.24. The van der Waals surface area contributed by atoms with Crippen molar-refractivity contribution in [2.45, 2.75) is 48.0 Å². The standard InChI is InChI=1S/C11H12OS.C3H8.C2H6/c1-5-9-8(4)13-11(7(3)12)10(9)6-2;1-3-2;1-2/h5-6H,1-2H2,3-4H3;3H2,1-2H3;1-2H3. The first-order chi connectivity index (χ1) is 8.53. The van der Waals surface area contributed by atoms with Gasteiger partial charge in [-0.05, 0) is 19.4 Å². The van der Waals surface area contributed by atoms with Crippen LogP contribution in [0.3, 0.4) is 0 Å². The fourth-order valence-corrected chi connectivity index (χ4v) is 2.35. The Kier molecular flexibility index (Phi) is 11.7. The molecule has 1 aromatic heterocycles. The lowest BCUT2D eigenvalue weighted by molar-refractivity contribution is 0.102. The zero-order chi connectivity index (χ0) is 14.7. The van der Waals surface area contributed by atoms with Crippen LogP contribution in [0.25, 0.3) is 12.2 Å². The van der Waals surface area contributed by atoms with E-state index in [0.29, 0.717) is 0 Å². The second-order valence-electron chi connectivity index (χ2n) is 3.49. The molecule has 1 nitrogen and oxygen atoms in total. The van der Waals surface area contributed by atoms with E-state index in [2.05, 4.69) is 27.0 Å². The molecule has 0 aliphatic rings. The predicted molar refractivity (Wildman–Crippen MR) is 86.6 cm³/mol. The Morgan fingerprint density at radius 3 is 1.83 bits per heavy atom. The van der Waals surface area contributed by atoms with Crippen LogP contribution in [0.4, 0.5) is 0 Å². The first kappa shape index (κ1) is 19.2. The topological polar surface area (TPSA) is 17.1 Å². The maximum absolute atomic E-state index is 11.2. The Labute approximate surface area is 116 Å². The first-order valence-electron chi connectivity index (χ1n) is 6.42. The van der Waals surface area contributed by atoms with Crippen LogP contribution in [0.5, 0.6) is 0 Å². The molecule has 0 fully saturated rings. The number of hydrogen-bond donors (Lipinski definition) is 0. The van der Waals surface area contributed by atoms with E-state index in [1.54, 1.807) is 19.1 Å². The summed E-state index contributed by atoms with van der Waals surface area (Å²) in [6.45, 7) is 19.2. The van der Waals surface area contributed by atoms with Gasteiger partial charge in [-0.3, -0.25) is 4.79 Å². The molecule has 0 aromatic carbocycles. The van der Waals surface area contributed by atoms with E-state index < -0.39 is 0 Å². The van der Waals surface area contributed by atoms with Crippen molar-refractivity contribution in [3.8, 4) is 0 Å². The fourth-order valence-electron chi connectivity index (χ4n) is 1.29. The largest absolute Gasteiger partial charge is 0.294 e. The van der Waals surface area contributed by atoms with Crippen LogP contribution in [0.15, 0.2) is 13.2 Å². The number of hydrogen-bond acceptors (Lipinski definition) is 2. The molecule has 0 aliphatic heterocycles. The van der Waals surface area contributed by atoms with Crippen LogP contribution in [0.2, 0.25) is 0 Å². The summed E-state index contributed by atoms with van der Waals surface area (Å²) in [7, 11) is 0. The molecular formula is C16H26OS. The summed E-state index contributed by atoms with van der Waals surface area (Å²) in [5.74, 6) is 0.0936. The van der Waals surface area contributed by atoms with E-state index in [-0.39, 0.29) is 5.78 Å². The highest BCUT2D eigenvalue weighted by molar-refractivity contribution is 7.14. The third kappa shape index (κ3) is 5.46. The summed E-state index contributed by atoms with van der Waals surface area (Å²) in [4.78, 5) is 13.1. The molecule has 0 saturated carbocycles. The maximum atomic E-state index is 11.2. The molecule has 0 N–H and O–H groups in total. The minimum Gasteiger partial charge on any atom is -0.294 e. The van der Waals surface area contributed by atoms with Crippen molar-refractivity contribution < 1.29 is 4.79 Å². The van der Waals surface area contributed by atoms with Crippen molar-refractivity contribution in [3.05, 3.63) is 34.0 Å². The summed E-state index contributed by atoms with van der Waals surface area (Å²) in [6.07, 6.45) is 4.74. The summed E-state index contributed by atoms with van der Waals surface area (Å²) < 4.78 is 0. The summed E-state index contributed by atoms with van der Waals surface area (Å²) in [6, 6.07) is 0. The van der Waals surface area contributed by atoms with Crippen LogP contribution < -0.4 is 0 Å². The van der Waals surface area contributed by atoms with Crippen LogP contribution in [0, 0.1) is 6.92 Å². The second-order valence-corrected chi connectivity index (χ2v) is 4.71. The van der Waals surface area contributed by atoms with E-state index in [4.69, 9.17) is 0 Å². The zero-order valence-electron chi connectivity index (χ0n) is 12.6. The van der Waals surface area contributed by atoms with Crippen molar-refractivity contribution >= 4 is 29.3 Å². The Morgan fingerprint density at radius 2 is 1.56 bits per heavy atom. The molecule has 18 heavy (non-hydrogen) atoms. The molecule has 0 amide bonds. The van der Waals surface area contributed by atoms with Gasteiger partial charge in [0.15, 0.2) is 5.78 Å². The van der Waals surface area contributed by atoms with Crippen LogP contribution in [-0.2, 0) is 0 Å². The highest BCUT2D eigenvalue weighted by Crippen LogP contribution is 2.30. The molecule has 1 aromatic rings. The van der Waals surface area contributed by atoms with Crippen molar-refractivity contribution in [1.82, 2.24) is 0 Å². The number of rotatable bonds is 3. The number of carbonyl (C=O) groups is 1. The van der Waals surface area contributed by atoms with Gasteiger partial charge in [-0.25, -0.2) is 0 Å². The van der Waals surface area contributed by atoms with Crippen LogP contribution >= 0.6 is 11.3 Å². The van der Waals surface area contributed by atoms with Gasteiger partial charge in [0.1, 0.15) is 0 Å². The molecule has 1 heterocycles. The lowest BCUT2D eigenvalue weighted by Crippen LogP contribution is -1.90. The SMILES string of the molecule is C=Cc1c(C)sc(C(C)=O)c1C=C.CC.CCC. The highest BCUT2D eigenvalue weighted by Gasteiger charge is 2.13. The normalized spacial score (nSPS) is 8.33. The molecule has 2 heteroatoms. The Hall–Kier alpha value is -1.15. The van der Waals surface area contributed by atoms with Gasteiger partial charge in [0.05, 0.1) is 4.88 Å². The molecule has 0 saturated heterocycles. The minimum atomic E-state index is 0.0936. The molecule has 0 aliphatic carbocycles. The van der Waals surface area contributed by atoms with Gasteiger partial charge in [0.2, 0.25) is 0 Å². The molecule has 0 spiro atoms. The van der Waals surface area contributed by atoms with E-state index in [1.807, 2.05) is 20.8 Å². The van der Waals surface area contributed by atoms with E-state index >= 15 is 0 Å². The Bertz CT molecular complexity index is 386. The number of ketones is 1. The van der Waals surface area contributed by atoms with Gasteiger partial charge in [-0.15, -0.1) is 11.3 Å². The number of aryl methyl sites for hydroxylation is 1. The lowest BCUT2D eigenvalue weighted by atomic mass is 10.1. The average Bonchev–Trinajstić information content (AvgIpc) is 2.69. The molecule has 0 bridgehead atoms. The summed E-state index contributed by atoms with van der Waals surface area (Å²) in [5, 5.41) is 0. The van der Waals surface area contributed by atoms with Gasteiger partial charge < -0.3 is 0 Å². The van der Waals surface area contributed by atoms with Crippen molar-refractivity contribution in [3.63, 3.8) is 0 Å².